The van der Waals surface area contributed by atoms with Gasteiger partial charge in [0, 0.05) is 19.1 Å². The lowest BCUT2D eigenvalue weighted by Gasteiger charge is -2.14. The number of aryl methyl sites for hydroxylation is 1. The summed E-state index contributed by atoms with van der Waals surface area (Å²) in [7, 11) is 0. The Morgan fingerprint density at radius 1 is 1.53 bits per heavy atom. The molecule has 1 saturated heterocycles. The van der Waals surface area contributed by atoms with Crippen LogP contribution in [0.3, 0.4) is 0 Å². The Hall–Kier alpha value is -1.72. The molecule has 5 heteroatoms. The molecule has 1 aliphatic rings. The van der Waals surface area contributed by atoms with E-state index in [1.54, 1.807) is 0 Å². The van der Waals surface area contributed by atoms with Crippen LogP contribution in [0.1, 0.15) is 17.8 Å². The Balaban J connectivity index is 1.97. The number of hydrogen-bond acceptors (Lipinski definition) is 4. The van der Waals surface area contributed by atoms with Gasteiger partial charge in [-0.3, -0.25) is 9.69 Å². The minimum absolute atomic E-state index is 0.0628. The van der Waals surface area contributed by atoms with Gasteiger partial charge in [0.05, 0.1) is 17.4 Å². The highest BCUT2D eigenvalue weighted by atomic mass is 16.1. The van der Waals surface area contributed by atoms with Gasteiger partial charge in [0.15, 0.2) is 0 Å². The fourth-order valence-electron chi connectivity index (χ4n) is 2.64. The van der Waals surface area contributed by atoms with Crippen molar-refractivity contribution in [2.24, 2.45) is 5.73 Å². The first kappa shape index (κ1) is 12.3. The number of nitrogens with one attached hydrogen (secondary N) is 1. The molecule has 5 nitrogen and oxygen atoms in total. The van der Waals surface area contributed by atoms with E-state index in [-0.39, 0.29) is 11.6 Å². The van der Waals surface area contributed by atoms with Crippen LogP contribution in [0, 0.1) is 6.92 Å². The van der Waals surface area contributed by atoms with Gasteiger partial charge in [-0.05, 0) is 25.0 Å². The number of benzene rings is 1. The molecule has 19 heavy (non-hydrogen) atoms. The van der Waals surface area contributed by atoms with Crippen LogP contribution in [0.4, 0.5) is 0 Å². The molecule has 1 aliphatic heterocycles. The van der Waals surface area contributed by atoms with Gasteiger partial charge in [0.1, 0.15) is 5.82 Å². The van der Waals surface area contributed by atoms with Gasteiger partial charge in [0.25, 0.3) is 5.56 Å². The van der Waals surface area contributed by atoms with E-state index < -0.39 is 0 Å². The predicted octanol–water partition coefficient (Wildman–Crippen LogP) is 0.765. The van der Waals surface area contributed by atoms with Crippen LogP contribution in [-0.4, -0.2) is 34.0 Å². The second-order valence-corrected chi connectivity index (χ2v) is 5.27. The van der Waals surface area contributed by atoms with Crippen molar-refractivity contribution in [3.8, 4) is 0 Å². The third-order valence-electron chi connectivity index (χ3n) is 3.67. The van der Waals surface area contributed by atoms with Crippen LogP contribution in [0.5, 0.6) is 0 Å². The van der Waals surface area contributed by atoms with Crippen molar-refractivity contribution in [1.29, 1.82) is 0 Å². The van der Waals surface area contributed by atoms with Crippen molar-refractivity contribution in [3.05, 3.63) is 39.9 Å². The van der Waals surface area contributed by atoms with Crippen molar-refractivity contribution in [2.45, 2.75) is 25.9 Å². The SMILES string of the molecule is Cc1cccc2c(=O)[nH]c(CN3CC[C@H](N)C3)nc12. The molecule has 0 aliphatic carbocycles. The minimum Gasteiger partial charge on any atom is -0.326 e. The first-order valence-electron chi connectivity index (χ1n) is 6.60. The van der Waals surface area contributed by atoms with E-state index in [2.05, 4.69) is 14.9 Å². The molecule has 1 aromatic heterocycles. The van der Waals surface area contributed by atoms with Crippen molar-refractivity contribution in [1.82, 2.24) is 14.9 Å². The first-order valence-corrected chi connectivity index (χ1v) is 6.60. The van der Waals surface area contributed by atoms with Gasteiger partial charge in [-0.15, -0.1) is 0 Å². The molecule has 0 spiro atoms. The lowest BCUT2D eigenvalue weighted by Crippen LogP contribution is -2.27. The third-order valence-corrected chi connectivity index (χ3v) is 3.67. The highest BCUT2D eigenvalue weighted by Gasteiger charge is 2.20. The zero-order valence-corrected chi connectivity index (χ0v) is 11.0. The van der Waals surface area contributed by atoms with Crippen molar-refractivity contribution in [3.63, 3.8) is 0 Å². The fraction of sp³-hybridized carbons (Fsp3) is 0.429. The van der Waals surface area contributed by atoms with E-state index >= 15 is 0 Å². The van der Waals surface area contributed by atoms with Crippen molar-refractivity contribution >= 4 is 10.9 Å². The van der Waals surface area contributed by atoms with Crippen LogP contribution < -0.4 is 11.3 Å². The standard InChI is InChI=1S/C14H18N4O/c1-9-3-2-4-11-13(9)16-12(17-14(11)19)8-18-6-5-10(15)7-18/h2-4,10H,5-8,15H2,1H3,(H,16,17,19)/t10-/m0/s1. The highest BCUT2D eigenvalue weighted by molar-refractivity contribution is 5.80. The van der Waals surface area contributed by atoms with E-state index in [4.69, 9.17) is 5.73 Å². The molecule has 1 aromatic carbocycles. The molecular weight excluding hydrogens is 240 g/mol. The van der Waals surface area contributed by atoms with Gasteiger partial charge < -0.3 is 10.7 Å². The molecule has 1 atom stereocenters. The van der Waals surface area contributed by atoms with Crippen LogP contribution in [-0.2, 0) is 6.54 Å². The summed E-state index contributed by atoms with van der Waals surface area (Å²) in [5.74, 6) is 0.723. The average molecular weight is 258 g/mol. The Morgan fingerprint density at radius 2 is 2.37 bits per heavy atom. The molecule has 3 N–H and O–H groups in total. The van der Waals surface area contributed by atoms with Crippen LogP contribution in [0.15, 0.2) is 23.0 Å². The zero-order chi connectivity index (χ0) is 13.4. The number of aromatic nitrogens is 2. The number of H-pyrrole nitrogens is 1. The van der Waals surface area contributed by atoms with Crippen LogP contribution >= 0.6 is 0 Å². The Morgan fingerprint density at radius 3 is 3.11 bits per heavy atom. The largest absolute Gasteiger partial charge is 0.326 e. The maximum atomic E-state index is 12.1. The van der Waals surface area contributed by atoms with Gasteiger partial charge in [-0.25, -0.2) is 4.98 Å². The summed E-state index contributed by atoms with van der Waals surface area (Å²) in [6.45, 7) is 4.48. The first-order chi connectivity index (χ1) is 9.13. The number of likely N-dealkylation sites (tertiary alicyclic amines) is 1. The summed E-state index contributed by atoms with van der Waals surface area (Å²) >= 11 is 0. The van der Waals surface area contributed by atoms with E-state index in [0.29, 0.717) is 11.9 Å². The number of fused-ring (bicyclic) bond motifs is 1. The summed E-state index contributed by atoms with van der Waals surface area (Å²) in [6, 6.07) is 5.91. The molecule has 0 unspecified atom stereocenters. The number of hydrogen-bond donors (Lipinski definition) is 2. The molecule has 1 fully saturated rings. The Bertz CT molecular complexity index is 664. The number of aromatic amines is 1. The molecule has 0 amide bonds. The number of para-hydroxylation sites is 1. The maximum absolute atomic E-state index is 12.1. The predicted molar refractivity (Wildman–Crippen MR) is 75.0 cm³/mol. The zero-order valence-electron chi connectivity index (χ0n) is 11.0. The lowest BCUT2D eigenvalue weighted by atomic mass is 10.1. The number of nitrogens with zero attached hydrogens (tertiary/aromatic N) is 2. The molecule has 2 aromatic rings. The highest BCUT2D eigenvalue weighted by Crippen LogP contribution is 2.14. The summed E-state index contributed by atoms with van der Waals surface area (Å²) < 4.78 is 0. The van der Waals surface area contributed by atoms with Crippen molar-refractivity contribution < 1.29 is 0 Å². The van der Waals surface area contributed by atoms with Gasteiger partial charge in [-0.2, -0.15) is 0 Å². The molecule has 0 bridgehead atoms. The second kappa shape index (κ2) is 4.75. The maximum Gasteiger partial charge on any atom is 0.258 e. The number of rotatable bonds is 2. The smallest absolute Gasteiger partial charge is 0.258 e. The van der Waals surface area contributed by atoms with E-state index in [9.17, 15) is 4.79 Å². The summed E-state index contributed by atoms with van der Waals surface area (Å²) in [5.41, 5.74) is 7.65. The average Bonchev–Trinajstić information content (AvgIpc) is 2.76. The molecule has 0 saturated carbocycles. The molecule has 3 rings (SSSR count). The van der Waals surface area contributed by atoms with E-state index in [1.807, 2.05) is 25.1 Å². The molecule has 0 radical (unpaired) electrons. The summed E-state index contributed by atoms with van der Waals surface area (Å²) in [5, 5.41) is 0.655. The quantitative estimate of drug-likeness (QED) is 0.834. The Kier molecular flexibility index (Phi) is 3.08. The molecule has 100 valence electrons. The van der Waals surface area contributed by atoms with Crippen molar-refractivity contribution in [2.75, 3.05) is 13.1 Å². The Labute approximate surface area is 111 Å². The number of nitrogens with two attached hydrogens (primary N) is 1. The van der Waals surface area contributed by atoms with E-state index in [0.717, 1.165) is 36.4 Å². The van der Waals surface area contributed by atoms with Gasteiger partial charge in [-0.1, -0.05) is 12.1 Å². The molecular formula is C14H18N4O. The van der Waals surface area contributed by atoms with Gasteiger partial charge >= 0.3 is 0 Å². The third kappa shape index (κ3) is 2.39. The lowest BCUT2D eigenvalue weighted by molar-refractivity contribution is 0.318. The van der Waals surface area contributed by atoms with Gasteiger partial charge in [0.2, 0.25) is 0 Å². The minimum atomic E-state index is -0.0628. The van der Waals surface area contributed by atoms with E-state index in [1.165, 1.54) is 0 Å². The van der Waals surface area contributed by atoms with Crippen LogP contribution in [0.25, 0.3) is 10.9 Å². The topological polar surface area (TPSA) is 75.0 Å². The normalized spacial score (nSPS) is 20.2. The fourth-order valence-corrected chi connectivity index (χ4v) is 2.64. The summed E-state index contributed by atoms with van der Waals surface area (Å²) in [6.07, 6.45) is 1.01. The monoisotopic (exact) mass is 258 g/mol. The summed E-state index contributed by atoms with van der Waals surface area (Å²) in [4.78, 5) is 21.7. The molecule has 2 heterocycles. The second-order valence-electron chi connectivity index (χ2n) is 5.27. The van der Waals surface area contributed by atoms with Crippen LogP contribution in [0.2, 0.25) is 0 Å².